The Hall–Kier alpha value is -3.08. The van der Waals surface area contributed by atoms with Crippen molar-refractivity contribution in [1.82, 2.24) is 0 Å². The van der Waals surface area contributed by atoms with Crippen LogP contribution < -0.4 is 0 Å². The lowest BCUT2D eigenvalue weighted by atomic mass is 10.1. The van der Waals surface area contributed by atoms with Gasteiger partial charge in [0.1, 0.15) is 12.7 Å². The SMILES string of the molecule is CC/C=C\C/C=C\C/C=C\CCCCCCCC(=O)OCC(COP(=O)(O)OCC(CO)OC(=O)CCCCCCC/C=C\C/C=C\CCCCC)OC(=O)CCCCCCCCCCC/C=C\CCCCCCCC. The van der Waals surface area contributed by atoms with E-state index in [4.69, 9.17) is 23.3 Å². The number of aliphatic hydroxyl groups excluding tert-OH is 1. The van der Waals surface area contributed by atoms with Crippen LogP contribution >= 0.6 is 7.82 Å². The molecule has 0 fully saturated rings. The van der Waals surface area contributed by atoms with Crippen molar-refractivity contribution < 1.29 is 52.2 Å². The number of hydrogen-bond acceptors (Lipinski definition) is 10. The summed E-state index contributed by atoms with van der Waals surface area (Å²) in [5.41, 5.74) is 0. The second-order valence-electron chi connectivity index (χ2n) is 20.5. The van der Waals surface area contributed by atoms with E-state index in [2.05, 4.69) is 93.7 Å². The molecule has 76 heavy (non-hydrogen) atoms. The third kappa shape index (κ3) is 55.7. The lowest BCUT2D eigenvalue weighted by Crippen LogP contribution is -2.30. The van der Waals surface area contributed by atoms with Gasteiger partial charge in [-0.3, -0.25) is 23.4 Å². The summed E-state index contributed by atoms with van der Waals surface area (Å²) in [7, 11) is -4.76. The fourth-order valence-corrected chi connectivity index (χ4v) is 9.18. The highest BCUT2D eigenvalue weighted by molar-refractivity contribution is 7.47. The zero-order valence-electron chi connectivity index (χ0n) is 48.7. The van der Waals surface area contributed by atoms with E-state index in [9.17, 15) is 28.9 Å². The van der Waals surface area contributed by atoms with E-state index < -0.39 is 57.8 Å². The summed E-state index contributed by atoms with van der Waals surface area (Å²) in [5.74, 6) is -1.49. The first kappa shape index (κ1) is 72.9. The van der Waals surface area contributed by atoms with Crippen LogP contribution in [0.5, 0.6) is 0 Å². The number of ether oxygens (including phenoxy) is 3. The van der Waals surface area contributed by atoms with Crippen molar-refractivity contribution in [2.45, 2.75) is 290 Å². The number of allylic oxidation sites excluding steroid dienone is 12. The summed E-state index contributed by atoms with van der Waals surface area (Å²) < 4.78 is 39.6. The Balaban J connectivity index is 4.73. The molecule has 0 radical (unpaired) electrons. The van der Waals surface area contributed by atoms with Gasteiger partial charge in [0, 0.05) is 19.3 Å². The first-order chi connectivity index (χ1) is 37.2. The Bertz CT molecular complexity index is 1550. The molecule has 12 heteroatoms. The second kappa shape index (κ2) is 58.1. The Morgan fingerprint density at radius 3 is 1.09 bits per heavy atom. The predicted octanol–water partition coefficient (Wildman–Crippen LogP) is 18.5. The monoisotopic (exact) mass is 1090 g/mol. The number of carbonyl (C=O) groups excluding carboxylic acids is 3. The van der Waals surface area contributed by atoms with Gasteiger partial charge in [0.25, 0.3) is 0 Å². The fourth-order valence-electron chi connectivity index (χ4n) is 8.40. The van der Waals surface area contributed by atoms with Crippen molar-refractivity contribution in [3.63, 3.8) is 0 Å². The number of hydrogen-bond donors (Lipinski definition) is 2. The molecule has 0 aliphatic rings. The van der Waals surface area contributed by atoms with Crippen LogP contribution in [-0.2, 0) is 42.2 Å². The first-order valence-electron chi connectivity index (χ1n) is 30.8. The van der Waals surface area contributed by atoms with E-state index in [0.717, 1.165) is 116 Å². The van der Waals surface area contributed by atoms with E-state index in [0.29, 0.717) is 19.3 Å². The Labute approximate surface area is 465 Å². The number of phosphoric acid groups is 1. The molecule has 0 saturated carbocycles. The predicted molar refractivity (Wildman–Crippen MR) is 316 cm³/mol. The van der Waals surface area contributed by atoms with Gasteiger partial charge >= 0.3 is 25.7 Å². The van der Waals surface area contributed by atoms with Crippen LogP contribution in [0.25, 0.3) is 0 Å². The van der Waals surface area contributed by atoms with Gasteiger partial charge in [-0.05, 0) is 109 Å². The topological polar surface area (TPSA) is 155 Å². The zero-order chi connectivity index (χ0) is 55.5. The van der Waals surface area contributed by atoms with Crippen molar-refractivity contribution in [1.29, 1.82) is 0 Å². The molecule has 3 atom stereocenters. The summed E-state index contributed by atoms with van der Waals surface area (Å²) in [5, 5.41) is 9.83. The van der Waals surface area contributed by atoms with Crippen molar-refractivity contribution in [3.8, 4) is 0 Å². The highest BCUT2D eigenvalue weighted by Crippen LogP contribution is 2.43. The van der Waals surface area contributed by atoms with Crippen LogP contribution in [0.15, 0.2) is 72.9 Å². The van der Waals surface area contributed by atoms with Crippen LogP contribution in [0.1, 0.15) is 278 Å². The molecule has 0 amide bonds. The molecule has 0 bridgehead atoms. The van der Waals surface area contributed by atoms with Gasteiger partial charge in [-0.2, -0.15) is 0 Å². The standard InChI is InChI=1S/C64H113O11P/c1-4-7-10-13-16-19-22-25-28-29-30-31-34-37-40-43-46-49-52-55-64(68)75-61(57-71-62(66)53-50-47-44-41-38-35-32-26-23-20-17-14-11-8-5-2)59-73-76(69,70)72-58-60(56-65)74-63(67)54-51-48-45-42-39-36-33-27-24-21-18-15-12-9-6-3/h8,11,17-18,20-21,25-28,32-33,60-61,65H,4-7,9-10,12-16,19,22-24,29-31,34-59H2,1-3H3,(H,69,70)/b11-8-,20-17-,21-18-,28-25-,32-26-,33-27-. The van der Waals surface area contributed by atoms with E-state index in [1.165, 1.54) is 103 Å². The molecule has 11 nitrogen and oxygen atoms in total. The molecule has 0 aliphatic carbocycles. The highest BCUT2D eigenvalue weighted by Gasteiger charge is 2.28. The first-order valence-corrected chi connectivity index (χ1v) is 32.3. The number of esters is 3. The normalized spacial score (nSPS) is 13.8. The smallest absolute Gasteiger partial charge is 0.462 e. The molecule has 3 unspecified atom stereocenters. The average Bonchev–Trinajstić information content (AvgIpc) is 3.41. The number of unbranched alkanes of at least 4 members (excludes halogenated alkanes) is 28. The lowest BCUT2D eigenvalue weighted by Gasteiger charge is -2.21. The van der Waals surface area contributed by atoms with Crippen LogP contribution in [-0.4, -0.2) is 66.5 Å². The Morgan fingerprint density at radius 2 is 0.684 bits per heavy atom. The molecule has 0 aliphatic heterocycles. The molecule has 0 rings (SSSR count). The maximum absolute atomic E-state index is 12.9. The minimum atomic E-state index is -4.76. The molecule has 0 heterocycles. The van der Waals surface area contributed by atoms with Crippen molar-refractivity contribution >= 4 is 25.7 Å². The quantitative estimate of drug-likeness (QED) is 0.0197. The minimum Gasteiger partial charge on any atom is -0.462 e. The van der Waals surface area contributed by atoms with Gasteiger partial charge in [-0.1, -0.05) is 222 Å². The van der Waals surface area contributed by atoms with E-state index in [1.54, 1.807) is 0 Å². The molecule has 440 valence electrons. The van der Waals surface area contributed by atoms with E-state index >= 15 is 0 Å². The number of carbonyl (C=O) groups is 3. The fraction of sp³-hybridized carbons (Fsp3) is 0.766. The zero-order valence-corrected chi connectivity index (χ0v) is 49.6. The van der Waals surface area contributed by atoms with E-state index in [-0.39, 0.29) is 25.9 Å². The summed E-state index contributed by atoms with van der Waals surface area (Å²) in [6.07, 6.45) is 65.7. The second-order valence-corrected chi connectivity index (χ2v) is 21.9. The van der Waals surface area contributed by atoms with Crippen LogP contribution in [0.2, 0.25) is 0 Å². The molecular formula is C64H113O11P. The largest absolute Gasteiger partial charge is 0.472 e. The summed E-state index contributed by atoms with van der Waals surface area (Å²) in [6.45, 7) is 4.49. The summed E-state index contributed by atoms with van der Waals surface area (Å²) in [4.78, 5) is 48.7. The third-order valence-corrected chi connectivity index (χ3v) is 14.0. The van der Waals surface area contributed by atoms with Gasteiger partial charge in [0.05, 0.1) is 19.8 Å². The van der Waals surface area contributed by atoms with Crippen molar-refractivity contribution in [2.24, 2.45) is 0 Å². The number of rotatable bonds is 57. The summed E-state index contributed by atoms with van der Waals surface area (Å²) in [6, 6.07) is 0. The minimum absolute atomic E-state index is 0.159. The van der Waals surface area contributed by atoms with Gasteiger partial charge in [-0.25, -0.2) is 4.57 Å². The Kier molecular flexibility index (Phi) is 55.7. The molecule has 0 saturated heterocycles. The van der Waals surface area contributed by atoms with Crippen LogP contribution in [0.3, 0.4) is 0 Å². The Morgan fingerprint density at radius 1 is 0.382 bits per heavy atom. The number of aliphatic hydroxyl groups is 1. The van der Waals surface area contributed by atoms with E-state index in [1.807, 2.05) is 0 Å². The van der Waals surface area contributed by atoms with Gasteiger partial charge in [0.15, 0.2) is 6.10 Å². The lowest BCUT2D eigenvalue weighted by molar-refractivity contribution is -0.161. The third-order valence-electron chi connectivity index (χ3n) is 13.1. The highest BCUT2D eigenvalue weighted by atomic mass is 31.2. The van der Waals surface area contributed by atoms with Crippen LogP contribution in [0.4, 0.5) is 0 Å². The number of phosphoric ester groups is 1. The molecule has 0 spiro atoms. The maximum atomic E-state index is 12.9. The van der Waals surface area contributed by atoms with Crippen molar-refractivity contribution in [2.75, 3.05) is 26.4 Å². The van der Waals surface area contributed by atoms with Gasteiger partial charge < -0.3 is 24.2 Å². The summed E-state index contributed by atoms with van der Waals surface area (Å²) >= 11 is 0. The molecular weight excluding hydrogens is 976 g/mol. The van der Waals surface area contributed by atoms with Crippen LogP contribution in [0, 0.1) is 0 Å². The van der Waals surface area contributed by atoms with Gasteiger partial charge in [-0.15, -0.1) is 0 Å². The van der Waals surface area contributed by atoms with Gasteiger partial charge in [0.2, 0.25) is 0 Å². The molecule has 2 N–H and O–H groups in total. The van der Waals surface area contributed by atoms with Crippen molar-refractivity contribution in [3.05, 3.63) is 72.9 Å². The maximum Gasteiger partial charge on any atom is 0.472 e. The molecule has 0 aromatic rings. The average molecular weight is 1090 g/mol. The molecule has 0 aromatic carbocycles. The molecule has 0 aromatic heterocycles.